The van der Waals surface area contributed by atoms with Crippen LogP contribution in [0.3, 0.4) is 0 Å². The molecule has 0 bridgehead atoms. The third kappa shape index (κ3) is 4.77. The Morgan fingerprint density at radius 1 is 1.30 bits per heavy atom. The van der Waals surface area contributed by atoms with E-state index in [-0.39, 0.29) is 17.6 Å². The van der Waals surface area contributed by atoms with Gasteiger partial charge >= 0.3 is 0 Å². The summed E-state index contributed by atoms with van der Waals surface area (Å²) in [6, 6.07) is 6.22. The minimum atomic E-state index is -3.37. The van der Waals surface area contributed by atoms with Crippen molar-refractivity contribution in [1.29, 1.82) is 0 Å². The predicted octanol–water partition coefficient (Wildman–Crippen LogP) is 2.58. The molecule has 0 unspecified atom stereocenters. The highest BCUT2D eigenvalue weighted by atomic mass is 32.2. The van der Waals surface area contributed by atoms with Crippen LogP contribution in [0.25, 0.3) is 0 Å². The van der Waals surface area contributed by atoms with E-state index in [9.17, 15) is 17.6 Å². The van der Waals surface area contributed by atoms with Crippen LogP contribution in [-0.4, -0.2) is 31.9 Å². The first-order valence-corrected chi connectivity index (χ1v) is 9.66. The van der Waals surface area contributed by atoms with Crippen molar-refractivity contribution in [1.82, 2.24) is 5.32 Å². The Morgan fingerprint density at radius 2 is 1.96 bits per heavy atom. The molecule has 0 heterocycles. The summed E-state index contributed by atoms with van der Waals surface area (Å²) in [5.41, 5.74) is 0.283. The molecule has 0 aliphatic heterocycles. The second-order valence-electron chi connectivity index (χ2n) is 6.88. The quantitative estimate of drug-likeness (QED) is 0.865. The van der Waals surface area contributed by atoms with E-state index in [2.05, 4.69) is 5.32 Å². The smallest absolute Gasteiger partial charge is 0.235 e. The Labute approximate surface area is 137 Å². The van der Waals surface area contributed by atoms with Crippen LogP contribution in [-0.2, 0) is 20.0 Å². The van der Waals surface area contributed by atoms with E-state index in [1.165, 1.54) is 12.1 Å². The molecule has 1 saturated carbocycles. The number of hydrogen-bond acceptors (Lipinski definition) is 3. The molecule has 1 aromatic rings. The van der Waals surface area contributed by atoms with Crippen LogP contribution < -0.4 is 5.32 Å². The SMILES string of the molecule is CC(C)(CNC(=O)CS(=O)(=O)C1CCCC1)c1cccc(F)c1. The van der Waals surface area contributed by atoms with E-state index in [0.29, 0.717) is 12.8 Å². The zero-order valence-electron chi connectivity index (χ0n) is 13.6. The van der Waals surface area contributed by atoms with Crippen LogP contribution in [0.15, 0.2) is 24.3 Å². The van der Waals surface area contributed by atoms with Crippen molar-refractivity contribution in [3.63, 3.8) is 0 Å². The van der Waals surface area contributed by atoms with Crippen molar-refractivity contribution < 1.29 is 17.6 Å². The fourth-order valence-corrected chi connectivity index (χ4v) is 4.68. The summed E-state index contributed by atoms with van der Waals surface area (Å²) < 4.78 is 37.7. The second kappa shape index (κ2) is 6.99. The highest BCUT2D eigenvalue weighted by molar-refractivity contribution is 7.92. The number of halogens is 1. The van der Waals surface area contributed by atoms with Crippen LogP contribution in [0.4, 0.5) is 4.39 Å². The van der Waals surface area contributed by atoms with Crippen LogP contribution in [0.2, 0.25) is 0 Å². The summed E-state index contributed by atoms with van der Waals surface area (Å²) in [7, 11) is -3.37. The molecule has 2 rings (SSSR count). The summed E-state index contributed by atoms with van der Waals surface area (Å²) in [5, 5.41) is 2.31. The molecule has 6 heteroatoms. The number of carbonyl (C=O) groups excluding carboxylic acids is 1. The molecule has 23 heavy (non-hydrogen) atoms. The van der Waals surface area contributed by atoms with Gasteiger partial charge in [0.2, 0.25) is 5.91 Å². The number of carbonyl (C=O) groups is 1. The van der Waals surface area contributed by atoms with Gasteiger partial charge in [0.15, 0.2) is 9.84 Å². The van der Waals surface area contributed by atoms with E-state index < -0.39 is 26.9 Å². The molecular weight excluding hydrogens is 317 g/mol. The number of sulfone groups is 1. The highest BCUT2D eigenvalue weighted by Crippen LogP contribution is 2.25. The van der Waals surface area contributed by atoms with Gasteiger partial charge in [0.05, 0.1) is 5.25 Å². The third-order valence-electron chi connectivity index (χ3n) is 4.48. The molecule has 0 saturated heterocycles. The van der Waals surface area contributed by atoms with Crippen molar-refractivity contribution in [3.05, 3.63) is 35.6 Å². The average Bonchev–Trinajstić information content (AvgIpc) is 3.00. The van der Waals surface area contributed by atoms with Gasteiger partial charge in [0.25, 0.3) is 0 Å². The Bertz CT molecular complexity index is 664. The van der Waals surface area contributed by atoms with E-state index in [0.717, 1.165) is 18.4 Å². The van der Waals surface area contributed by atoms with Crippen LogP contribution in [0.5, 0.6) is 0 Å². The fraction of sp³-hybridized carbons (Fsp3) is 0.588. The second-order valence-corrected chi connectivity index (χ2v) is 9.17. The fourth-order valence-electron chi connectivity index (χ4n) is 2.93. The van der Waals surface area contributed by atoms with Gasteiger partial charge in [0, 0.05) is 12.0 Å². The van der Waals surface area contributed by atoms with Gasteiger partial charge in [-0.05, 0) is 30.5 Å². The van der Waals surface area contributed by atoms with Crippen LogP contribution >= 0.6 is 0 Å². The highest BCUT2D eigenvalue weighted by Gasteiger charge is 2.31. The minimum Gasteiger partial charge on any atom is -0.354 e. The first-order chi connectivity index (χ1) is 10.7. The zero-order chi connectivity index (χ0) is 17.1. The van der Waals surface area contributed by atoms with Gasteiger partial charge in [-0.1, -0.05) is 38.8 Å². The number of rotatable bonds is 6. The first kappa shape index (κ1) is 17.9. The normalized spacial score (nSPS) is 16.5. The number of benzene rings is 1. The maximum Gasteiger partial charge on any atom is 0.235 e. The van der Waals surface area contributed by atoms with Crippen LogP contribution in [0.1, 0.15) is 45.1 Å². The minimum absolute atomic E-state index is 0.259. The lowest BCUT2D eigenvalue weighted by Gasteiger charge is -2.26. The molecule has 1 fully saturated rings. The van der Waals surface area contributed by atoms with Crippen molar-refractivity contribution in [2.24, 2.45) is 0 Å². The molecule has 128 valence electrons. The molecule has 0 radical (unpaired) electrons. The number of nitrogens with one attached hydrogen (secondary N) is 1. The van der Waals surface area contributed by atoms with E-state index in [1.807, 2.05) is 13.8 Å². The zero-order valence-corrected chi connectivity index (χ0v) is 14.5. The monoisotopic (exact) mass is 341 g/mol. The standard InChI is InChI=1S/C17H24FNO3S/c1-17(2,13-6-5-7-14(18)10-13)12-19-16(20)11-23(21,22)15-8-3-4-9-15/h5-7,10,15H,3-4,8-9,11-12H2,1-2H3,(H,19,20). The molecule has 1 N–H and O–H groups in total. The average molecular weight is 341 g/mol. The number of amides is 1. The van der Waals surface area contributed by atoms with E-state index >= 15 is 0 Å². The largest absolute Gasteiger partial charge is 0.354 e. The maximum absolute atomic E-state index is 13.3. The van der Waals surface area contributed by atoms with Crippen molar-refractivity contribution in [2.45, 2.75) is 50.2 Å². The molecule has 0 aromatic heterocycles. The summed E-state index contributed by atoms with van der Waals surface area (Å²) in [6.07, 6.45) is 3.14. The molecule has 0 spiro atoms. The molecule has 0 atom stereocenters. The van der Waals surface area contributed by atoms with Gasteiger partial charge < -0.3 is 5.32 Å². The Hall–Kier alpha value is -1.43. The van der Waals surface area contributed by atoms with Gasteiger partial charge in [-0.25, -0.2) is 12.8 Å². The van der Waals surface area contributed by atoms with Gasteiger partial charge in [-0.2, -0.15) is 0 Å². The topological polar surface area (TPSA) is 63.2 Å². The molecule has 1 aliphatic carbocycles. The molecule has 4 nitrogen and oxygen atoms in total. The molecule has 1 amide bonds. The van der Waals surface area contributed by atoms with Gasteiger partial charge in [-0.15, -0.1) is 0 Å². The van der Waals surface area contributed by atoms with Crippen molar-refractivity contribution >= 4 is 15.7 Å². The lowest BCUT2D eigenvalue weighted by atomic mass is 9.84. The van der Waals surface area contributed by atoms with E-state index in [4.69, 9.17) is 0 Å². The molecule has 1 aliphatic rings. The molecule has 1 aromatic carbocycles. The van der Waals surface area contributed by atoms with Crippen LogP contribution in [0, 0.1) is 5.82 Å². The van der Waals surface area contributed by atoms with Gasteiger partial charge in [0.1, 0.15) is 11.6 Å². The third-order valence-corrected chi connectivity index (χ3v) is 6.63. The molecular formula is C17H24FNO3S. The van der Waals surface area contributed by atoms with Crippen molar-refractivity contribution in [3.8, 4) is 0 Å². The Morgan fingerprint density at radius 3 is 2.57 bits per heavy atom. The summed E-state index contributed by atoms with van der Waals surface area (Å²) in [4.78, 5) is 12.0. The van der Waals surface area contributed by atoms with E-state index in [1.54, 1.807) is 12.1 Å². The van der Waals surface area contributed by atoms with Crippen molar-refractivity contribution in [2.75, 3.05) is 12.3 Å². The predicted molar refractivity (Wildman–Crippen MR) is 88.5 cm³/mol. The summed E-state index contributed by atoms with van der Waals surface area (Å²) in [6.45, 7) is 4.02. The maximum atomic E-state index is 13.3. The number of hydrogen-bond donors (Lipinski definition) is 1. The Balaban J connectivity index is 1.93. The summed E-state index contributed by atoms with van der Waals surface area (Å²) in [5.74, 6) is -1.27. The summed E-state index contributed by atoms with van der Waals surface area (Å²) >= 11 is 0. The first-order valence-electron chi connectivity index (χ1n) is 7.95. The lowest BCUT2D eigenvalue weighted by Crippen LogP contribution is -2.40. The Kier molecular flexibility index (Phi) is 5.45. The van der Waals surface area contributed by atoms with Gasteiger partial charge in [-0.3, -0.25) is 4.79 Å². The lowest BCUT2D eigenvalue weighted by molar-refractivity contribution is -0.118.